The SMILES string of the molecule is C=C/C(=C\C)C(C(C)C)N(O)C(CC)(CC)CC. The zero-order valence-electron chi connectivity index (χ0n) is 13.0. The summed E-state index contributed by atoms with van der Waals surface area (Å²) in [5.74, 6) is 0.350. The molecule has 0 spiro atoms. The van der Waals surface area contributed by atoms with Crippen molar-refractivity contribution in [3.63, 3.8) is 0 Å². The van der Waals surface area contributed by atoms with Crippen LogP contribution in [-0.2, 0) is 0 Å². The summed E-state index contributed by atoms with van der Waals surface area (Å²) < 4.78 is 0. The molecule has 0 saturated carbocycles. The Labute approximate surface area is 113 Å². The summed E-state index contributed by atoms with van der Waals surface area (Å²) in [7, 11) is 0. The fourth-order valence-electron chi connectivity index (χ4n) is 2.75. The third-order valence-corrected chi connectivity index (χ3v) is 4.27. The van der Waals surface area contributed by atoms with E-state index in [0.717, 1.165) is 24.8 Å². The van der Waals surface area contributed by atoms with Gasteiger partial charge >= 0.3 is 0 Å². The molecule has 0 aromatic rings. The standard InChI is InChI=1S/C16H31NO/c1-8-14(9-2)15(13(6)7)17(18)16(10-3,11-4)12-5/h8-9,13,15,18H,1,10-12H2,2-7H3/b14-9+. The molecule has 0 saturated heterocycles. The largest absolute Gasteiger partial charge is 0.313 e. The number of hydrogen-bond acceptors (Lipinski definition) is 2. The highest BCUT2D eigenvalue weighted by molar-refractivity contribution is 5.23. The molecule has 1 unspecified atom stereocenters. The molecule has 0 aromatic carbocycles. The topological polar surface area (TPSA) is 23.5 Å². The quantitative estimate of drug-likeness (QED) is 0.496. The van der Waals surface area contributed by atoms with E-state index in [1.165, 1.54) is 0 Å². The second-order valence-electron chi connectivity index (χ2n) is 5.31. The Hall–Kier alpha value is -0.600. The number of hydrogen-bond donors (Lipinski definition) is 1. The van der Waals surface area contributed by atoms with Crippen LogP contribution in [0.3, 0.4) is 0 Å². The van der Waals surface area contributed by atoms with Crippen molar-refractivity contribution in [1.29, 1.82) is 0 Å². The monoisotopic (exact) mass is 253 g/mol. The van der Waals surface area contributed by atoms with Gasteiger partial charge in [0.15, 0.2) is 0 Å². The minimum absolute atomic E-state index is 0.0207. The Balaban J connectivity index is 5.43. The molecule has 0 aliphatic rings. The molecule has 2 nitrogen and oxygen atoms in total. The van der Waals surface area contributed by atoms with Crippen LogP contribution in [0, 0.1) is 5.92 Å². The lowest BCUT2D eigenvalue weighted by Gasteiger charge is -2.44. The lowest BCUT2D eigenvalue weighted by atomic mass is 9.84. The molecule has 106 valence electrons. The van der Waals surface area contributed by atoms with E-state index in [0.29, 0.717) is 5.92 Å². The second-order valence-corrected chi connectivity index (χ2v) is 5.31. The molecule has 0 aliphatic carbocycles. The van der Waals surface area contributed by atoms with Crippen molar-refractivity contribution in [3.8, 4) is 0 Å². The van der Waals surface area contributed by atoms with Crippen LogP contribution in [0.4, 0.5) is 0 Å². The average molecular weight is 253 g/mol. The van der Waals surface area contributed by atoms with Crippen LogP contribution in [-0.4, -0.2) is 21.9 Å². The van der Waals surface area contributed by atoms with Gasteiger partial charge in [-0.25, -0.2) is 0 Å². The molecule has 0 heterocycles. The first-order valence-corrected chi connectivity index (χ1v) is 7.20. The summed E-state index contributed by atoms with van der Waals surface area (Å²) in [5, 5.41) is 12.4. The van der Waals surface area contributed by atoms with Gasteiger partial charge in [-0.05, 0) is 37.7 Å². The van der Waals surface area contributed by atoms with Crippen LogP contribution in [0.1, 0.15) is 60.8 Å². The van der Waals surface area contributed by atoms with E-state index in [1.54, 1.807) is 5.06 Å². The first kappa shape index (κ1) is 17.4. The summed E-state index contributed by atoms with van der Waals surface area (Å²) >= 11 is 0. The van der Waals surface area contributed by atoms with Crippen LogP contribution in [0.5, 0.6) is 0 Å². The molecule has 0 bridgehead atoms. The first-order chi connectivity index (χ1) is 8.43. The molecule has 0 amide bonds. The molecule has 0 rings (SSSR count). The lowest BCUT2D eigenvalue weighted by Crippen LogP contribution is -2.53. The Kier molecular flexibility index (Phi) is 7.49. The molecule has 0 fully saturated rings. The lowest BCUT2D eigenvalue weighted by molar-refractivity contribution is -0.207. The van der Waals surface area contributed by atoms with Gasteiger partial charge in [-0.1, -0.05) is 53.3 Å². The van der Waals surface area contributed by atoms with Gasteiger partial charge in [0.1, 0.15) is 0 Å². The maximum atomic E-state index is 10.8. The Morgan fingerprint density at radius 2 is 1.67 bits per heavy atom. The highest BCUT2D eigenvalue weighted by Gasteiger charge is 2.37. The van der Waals surface area contributed by atoms with Crippen LogP contribution in [0.15, 0.2) is 24.3 Å². The van der Waals surface area contributed by atoms with Gasteiger partial charge in [0, 0.05) is 5.54 Å². The summed E-state index contributed by atoms with van der Waals surface area (Å²) in [6.07, 6.45) is 6.77. The fourth-order valence-corrected chi connectivity index (χ4v) is 2.75. The molecule has 0 aliphatic heterocycles. The number of allylic oxidation sites excluding steroid dienone is 1. The van der Waals surface area contributed by atoms with Crippen LogP contribution >= 0.6 is 0 Å². The van der Waals surface area contributed by atoms with Gasteiger partial charge in [-0.3, -0.25) is 0 Å². The second kappa shape index (κ2) is 7.75. The smallest absolute Gasteiger partial charge is 0.0625 e. The number of rotatable bonds is 8. The van der Waals surface area contributed by atoms with E-state index >= 15 is 0 Å². The molecule has 1 atom stereocenters. The van der Waals surface area contributed by atoms with Gasteiger partial charge in [0.05, 0.1) is 6.04 Å². The minimum Gasteiger partial charge on any atom is -0.313 e. The molecule has 1 N–H and O–H groups in total. The van der Waals surface area contributed by atoms with E-state index in [1.807, 2.05) is 19.1 Å². The van der Waals surface area contributed by atoms with Crippen LogP contribution < -0.4 is 0 Å². The zero-order valence-corrected chi connectivity index (χ0v) is 13.0. The molecular weight excluding hydrogens is 222 g/mol. The van der Waals surface area contributed by atoms with Crippen molar-refractivity contribution in [3.05, 3.63) is 24.3 Å². The molecule has 2 heteroatoms. The van der Waals surface area contributed by atoms with Gasteiger partial charge in [0.2, 0.25) is 0 Å². The van der Waals surface area contributed by atoms with Gasteiger partial charge in [-0.15, -0.1) is 0 Å². The van der Waals surface area contributed by atoms with E-state index < -0.39 is 0 Å². The normalized spacial score (nSPS) is 15.3. The predicted octanol–water partition coefficient (Wildman–Crippen LogP) is 4.80. The van der Waals surface area contributed by atoms with Gasteiger partial charge in [-0.2, -0.15) is 5.06 Å². The summed E-state index contributed by atoms with van der Waals surface area (Å²) in [6.45, 7) is 16.6. The molecule has 18 heavy (non-hydrogen) atoms. The zero-order chi connectivity index (χ0) is 14.3. The molecule has 0 radical (unpaired) electrons. The highest BCUT2D eigenvalue weighted by atomic mass is 16.5. The Bertz CT molecular complexity index is 269. The van der Waals surface area contributed by atoms with Gasteiger partial charge in [0.25, 0.3) is 0 Å². The predicted molar refractivity (Wildman–Crippen MR) is 79.8 cm³/mol. The van der Waals surface area contributed by atoms with E-state index in [9.17, 15) is 5.21 Å². The third kappa shape index (κ3) is 3.46. The van der Waals surface area contributed by atoms with Crippen molar-refractivity contribution < 1.29 is 5.21 Å². The van der Waals surface area contributed by atoms with E-state index in [4.69, 9.17) is 0 Å². The van der Waals surface area contributed by atoms with Gasteiger partial charge < -0.3 is 5.21 Å². The molecule has 0 aromatic heterocycles. The van der Waals surface area contributed by atoms with Crippen molar-refractivity contribution >= 4 is 0 Å². The first-order valence-electron chi connectivity index (χ1n) is 7.20. The van der Waals surface area contributed by atoms with Crippen LogP contribution in [0.25, 0.3) is 0 Å². The summed E-state index contributed by atoms with van der Waals surface area (Å²) in [6, 6.07) is 0.0207. The van der Waals surface area contributed by atoms with Crippen molar-refractivity contribution in [1.82, 2.24) is 5.06 Å². The average Bonchev–Trinajstić information content (AvgIpc) is 2.37. The summed E-state index contributed by atoms with van der Waals surface area (Å²) in [4.78, 5) is 0. The summed E-state index contributed by atoms with van der Waals surface area (Å²) in [5.41, 5.74) is 0.971. The maximum absolute atomic E-state index is 10.8. The number of hydroxylamine groups is 2. The van der Waals surface area contributed by atoms with Crippen molar-refractivity contribution in [2.24, 2.45) is 5.92 Å². The van der Waals surface area contributed by atoms with Crippen molar-refractivity contribution in [2.75, 3.05) is 0 Å². The maximum Gasteiger partial charge on any atom is 0.0625 e. The van der Waals surface area contributed by atoms with Crippen molar-refractivity contribution in [2.45, 2.75) is 72.4 Å². The van der Waals surface area contributed by atoms with Crippen LogP contribution in [0.2, 0.25) is 0 Å². The van der Waals surface area contributed by atoms with E-state index in [-0.39, 0.29) is 11.6 Å². The third-order valence-electron chi connectivity index (χ3n) is 4.27. The highest BCUT2D eigenvalue weighted by Crippen LogP contribution is 2.32. The Morgan fingerprint density at radius 3 is 1.89 bits per heavy atom. The minimum atomic E-state index is -0.133. The van der Waals surface area contributed by atoms with E-state index in [2.05, 4.69) is 41.2 Å². The molecular formula is C16H31NO. The number of nitrogens with zero attached hydrogens (tertiary/aromatic N) is 1. The Morgan fingerprint density at radius 1 is 1.22 bits per heavy atom. The fraction of sp³-hybridized carbons (Fsp3) is 0.750.